The number of nitrogens with two attached hydrogens (primary N) is 1. The molecule has 3 aromatic rings. The number of aromatic nitrogens is 3. The molecule has 3 heterocycles. The number of nitrogen functional groups attached to an aromatic ring is 1. The molecule has 0 bridgehead atoms. The predicted molar refractivity (Wildman–Crippen MR) is 127 cm³/mol. The molecule has 0 amide bonds. The fraction of sp³-hybridized carbons (Fsp3) is 0.364. The van der Waals surface area contributed by atoms with Crippen LogP contribution < -0.4 is 10.8 Å². The Bertz CT molecular complexity index is 1360. The Hall–Kier alpha value is -3.41. The van der Waals surface area contributed by atoms with E-state index in [0.717, 1.165) is 0 Å². The van der Waals surface area contributed by atoms with E-state index in [2.05, 4.69) is 15.2 Å². The van der Waals surface area contributed by atoms with Gasteiger partial charge in [-0.05, 0) is 24.6 Å². The molecule has 196 valence electrons. The molecule has 6 atom stereocenters. The van der Waals surface area contributed by atoms with E-state index in [1.165, 1.54) is 17.8 Å². The minimum absolute atomic E-state index is 0.166. The summed E-state index contributed by atoms with van der Waals surface area (Å²) in [6.45, 7) is 0.198. The first-order valence-electron chi connectivity index (χ1n) is 11.1. The molecular formula is C22H25N6O8P. The van der Waals surface area contributed by atoms with Crippen LogP contribution in [0.2, 0.25) is 0 Å². The first kappa shape index (κ1) is 26.6. The summed E-state index contributed by atoms with van der Waals surface area (Å²) in [4.78, 5) is 15.2. The minimum atomic E-state index is -4.37. The third kappa shape index (κ3) is 5.34. The van der Waals surface area contributed by atoms with Gasteiger partial charge in [0.25, 0.3) is 0 Å². The Balaban J connectivity index is 1.57. The highest BCUT2D eigenvalue weighted by Crippen LogP contribution is 2.48. The summed E-state index contributed by atoms with van der Waals surface area (Å²) in [5, 5.41) is 47.1. The van der Waals surface area contributed by atoms with Crippen molar-refractivity contribution in [2.45, 2.75) is 43.5 Å². The summed E-state index contributed by atoms with van der Waals surface area (Å²) in [7, 11) is -4.37. The molecule has 0 aliphatic carbocycles. The van der Waals surface area contributed by atoms with E-state index in [-0.39, 0.29) is 18.1 Å². The van der Waals surface area contributed by atoms with Gasteiger partial charge >= 0.3 is 13.7 Å². The van der Waals surface area contributed by atoms with Gasteiger partial charge in [0, 0.05) is 0 Å². The fourth-order valence-electron chi connectivity index (χ4n) is 3.79. The highest BCUT2D eigenvalue weighted by molar-refractivity contribution is 7.51. The summed E-state index contributed by atoms with van der Waals surface area (Å²) in [6.07, 6.45) is -3.45. The molecule has 15 heteroatoms. The van der Waals surface area contributed by atoms with Crippen molar-refractivity contribution in [3.05, 3.63) is 60.0 Å². The fourth-order valence-corrected chi connectivity index (χ4v) is 5.28. The number of nitrogens with one attached hydrogen (secondary N) is 1. The molecule has 0 radical (unpaired) electrons. The van der Waals surface area contributed by atoms with Crippen LogP contribution in [0.5, 0.6) is 0 Å². The second-order valence-corrected chi connectivity index (χ2v) is 10.2. The molecule has 1 saturated heterocycles. The van der Waals surface area contributed by atoms with E-state index < -0.39 is 50.3 Å². The van der Waals surface area contributed by atoms with Crippen molar-refractivity contribution in [3.63, 3.8) is 0 Å². The third-order valence-corrected chi connectivity index (χ3v) is 7.50. The molecule has 6 N–H and O–H groups in total. The third-order valence-electron chi connectivity index (χ3n) is 5.86. The number of nitrogens with zero attached hydrogens (tertiary/aromatic N) is 4. The number of rotatable bonds is 10. The van der Waals surface area contributed by atoms with E-state index in [1.807, 2.05) is 0 Å². The van der Waals surface area contributed by atoms with Gasteiger partial charge in [-0.15, -0.1) is 0 Å². The molecular weight excluding hydrogens is 507 g/mol. The summed E-state index contributed by atoms with van der Waals surface area (Å²) >= 11 is 0. The van der Waals surface area contributed by atoms with Crippen LogP contribution in [0, 0.1) is 11.3 Å². The van der Waals surface area contributed by atoms with Gasteiger partial charge in [-0.2, -0.15) is 10.4 Å². The Morgan fingerprint density at radius 2 is 2.05 bits per heavy atom. The molecule has 37 heavy (non-hydrogen) atoms. The number of carbonyl (C=O) groups is 1. The van der Waals surface area contributed by atoms with Crippen LogP contribution in [0.25, 0.3) is 5.52 Å². The minimum Gasteiger partial charge on any atom is -0.480 e. The van der Waals surface area contributed by atoms with Gasteiger partial charge in [0.05, 0.1) is 12.3 Å². The molecule has 14 nitrogen and oxygen atoms in total. The number of carboxylic acids is 1. The number of benzene rings is 1. The standard InChI is InChI=1S/C22H25N6O8P/c1-13(21(31)32)27-37(33,34-9-14-5-3-2-4-6-14)35-11-22(10-23)19(30)17(29)18(36-22)15-7-8-16-20(24)25-12-26-28(15)16/h2-8,12-13,17-19,29-30H,9,11H2,1H3,(H,27,33)(H,31,32)(H2,24,25,26)/t13-,17-,18-,19-,22+,37?/m0/s1. The molecule has 1 fully saturated rings. The number of carboxylic acid groups (broad SMARTS) is 1. The summed E-state index contributed by atoms with van der Waals surface area (Å²) in [5.41, 5.74) is 4.97. The number of hydrogen-bond donors (Lipinski definition) is 5. The second-order valence-electron chi connectivity index (χ2n) is 8.39. The number of ether oxygens (including phenoxy) is 1. The van der Waals surface area contributed by atoms with E-state index in [0.29, 0.717) is 11.1 Å². The molecule has 1 unspecified atom stereocenters. The number of aliphatic carboxylic acids is 1. The maximum Gasteiger partial charge on any atom is 0.406 e. The number of aliphatic hydroxyl groups excluding tert-OH is 2. The van der Waals surface area contributed by atoms with Crippen molar-refractivity contribution in [1.29, 1.82) is 5.26 Å². The van der Waals surface area contributed by atoms with Crippen LogP contribution >= 0.6 is 7.75 Å². The largest absolute Gasteiger partial charge is 0.480 e. The molecule has 0 saturated carbocycles. The SMILES string of the molecule is C[C@H](NP(=O)(OCc1ccccc1)OC[C@@]1(C#N)O[C@@H](c2ccc3c(N)ncnn23)[C@H](O)[C@@H]1O)C(=O)O. The van der Waals surface area contributed by atoms with Gasteiger partial charge in [-0.1, -0.05) is 30.3 Å². The average molecular weight is 532 g/mol. The Morgan fingerprint density at radius 1 is 1.32 bits per heavy atom. The number of aliphatic hydroxyl groups is 2. The molecule has 2 aromatic heterocycles. The van der Waals surface area contributed by atoms with Crippen LogP contribution in [0.1, 0.15) is 24.3 Å². The summed E-state index contributed by atoms with van der Waals surface area (Å²) in [6, 6.07) is 12.2. The lowest BCUT2D eigenvalue weighted by atomic mass is 9.96. The van der Waals surface area contributed by atoms with Gasteiger partial charge in [0.15, 0.2) is 5.82 Å². The van der Waals surface area contributed by atoms with Crippen molar-refractivity contribution in [3.8, 4) is 6.07 Å². The van der Waals surface area contributed by atoms with E-state index in [1.54, 1.807) is 48.5 Å². The lowest BCUT2D eigenvalue weighted by molar-refractivity contribution is -0.138. The first-order valence-corrected chi connectivity index (χ1v) is 12.6. The highest BCUT2D eigenvalue weighted by atomic mass is 31.2. The average Bonchev–Trinajstić information content (AvgIpc) is 3.43. The van der Waals surface area contributed by atoms with E-state index >= 15 is 0 Å². The maximum atomic E-state index is 13.5. The van der Waals surface area contributed by atoms with Crippen LogP contribution in [-0.4, -0.2) is 66.3 Å². The smallest absolute Gasteiger partial charge is 0.406 e. The number of anilines is 1. The second kappa shape index (κ2) is 10.5. The summed E-state index contributed by atoms with van der Waals surface area (Å²) < 4.78 is 31.5. The zero-order chi connectivity index (χ0) is 26.8. The number of nitriles is 1. The van der Waals surface area contributed by atoms with Gasteiger partial charge in [-0.3, -0.25) is 13.8 Å². The zero-order valence-electron chi connectivity index (χ0n) is 19.5. The van der Waals surface area contributed by atoms with E-state index in [4.69, 9.17) is 19.5 Å². The van der Waals surface area contributed by atoms with Crippen LogP contribution in [0.4, 0.5) is 5.82 Å². The molecule has 0 spiro atoms. The molecule has 1 aliphatic rings. The molecule has 1 aromatic carbocycles. The first-order chi connectivity index (χ1) is 17.6. The maximum absolute atomic E-state index is 13.5. The summed E-state index contributed by atoms with van der Waals surface area (Å²) in [5.74, 6) is -1.16. The Kier molecular flexibility index (Phi) is 7.58. The van der Waals surface area contributed by atoms with Crippen molar-refractivity contribution in [2.24, 2.45) is 0 Å². The quantitative estimate of drug-likeness (QED) is 0.228. The van der Waals surface area contributed by atoms with Crippen molar-refractivity contribution in [1.82, 2.24) is 19.7 Å². The van der Waals surface area contributed by atoms with Crippen molar-refractivity contribution < 1.29 is 38.5 Å². The monoisotopic (exact) mass is 532 g/mol. The van der Waals surface area contributed by atoms with E-state index in [9.17, 15) is 29.9 Å². The van der Waals surface area contributed by atoms with Crippen LogP contribution in [0.15, 0.2) is 48.8 Å². The van der Waals surface area contributed by atoms with Crippen LogP contribution in [-0.2, 0) is 29.8 Å². The van der Waals surface area contributed by atoms with Gasteiger partial charge < -0.3 is 25.8 Å². The lowest BCUT2D eigenvalue weighted by Crippen LogP contribution is -2.46. The lowest BCUT2D eigenvalue weighted by Gasteiger charge is -2.28. The predicted octanol–water partition coefficient (Wildman–Crippen LogP) is 0.771. The zero-order valence-corrected chi connectivity index (χ0v) is 20.4. The molecule has 4 rings (SSSR count). The topological polar surface area (TPSA) is 215 Å². The van der Waals surface area contributed by atoms with Gasteiger partial charge in [0.2, 0.25) is 5.60 Å². The number of fused-ring (bicyclic) bond motifs is 1. The highest BCUT2D eigenvalue weighted by Gasteiger charge is 2.57. The van der Waals surface area contributed by atoms with Crippen molar-refractivity contribution >= 4 is 25.1 Å². The van der Waals surface area contributed by atoms with Crippen molar-refractivity contribution in [2.75, 3.05) is 12.3 Å². The van der Waals surface area contributed by atoms with Gasteiger partial charge in [-0.25, -0.2) is 19.2 Å². The molecule has 1 aliphatic heterocycles. The number of hydrogen-bond acceptors (Lipinski definition) is 11. The normalized spacial score (nSPS) is 25.9. The van der Waals surface area contributed by atoms with Crippen LogP contribution in [0.3, 0.4) is 0 Å². The Morgan fingerprint density at radius 3 is 2.73 bits per heavy atom. The Labute approximate surface area is 210 Å². The van der Waals surface area contributed by atoms with Gasteiger partial charge in [0.1, 0.15) is 48.9 Å².